The molecule has 0 amide bonds. The first kappa shape index (κ1) is 17.3. The van der Waals surface area contributed by atoms with Crippen LogP contribution in [0.1, 0.15) is 12.8 Å². The standard InChI is InChI=1S/C19H27N3OS/c1-21-11-13-22(14-12-21)10-2-3-15-23-17-6-4-16(5-7-17)18-8-9-19(20)24-18/h4-9H,2-3,10-15,20H2,1H3. The molecule has 4 nitrogen and oxygen atoms in total. The van der Waals surface area contributed by atoms with Gasteiger partial charge in [0.25, 0.3) is 0 Å². The molecule has 3 rings (SSSR count). The molecular weight excluding hydrogens is 318 g/mol. The molecule has 2 N–H and O–H groups in total. The Hall–Kier alpha value is -1.56. The van der Waals surface area contributed by atoms with Crippen LogP contribution >= 0.6 is 11.3 Å². The molecule has 130 valence electrons. The van der Waals surface area contributed by atoms with Gasteiger partial charge in [0, 0.05) is 31.1 Å². The van der Waals surface area contributed by atoms with E-state index in [9.17, 15) is 0 Å². The third kappa shape index (κ3) is 4.97. The molecule has 1 saturated heterocycles. The number of nitrogen functional groups attached to an aromatic ring is 1. The van der Waals surface area contributed by atoms with Crippen molar-refractivity contribution in [2.45, 2.75) is 12.8 Å². The van der Waals surface area contributed by atoms with Gasteiger partial charge in [-0.05, 0) is 68.4 Å². The molecular formula is C19H27N3OS. The zero-order valence-electron chi connectivity index (χ0n) is 14.4. The van der Waals surface area contributed by atoms with Gasteiger partial charge in [-0.3, -0.25) is 0 Å². The van der Waals surface area contributed by atoms with Gasteiger partial charge < -0.3 is 20.3 Å². The minimum Gasteiger partial charge on any atom is -0.494 e. The lowest BCUT2D eigenvalue weighted by Gasteiger charge is -2.32. The Morgan fingerprint density at radius 3 is 2.42 bits per heavy atom. The van der Waals surface area contributed by atoms with Crippen molar-refractivity contribution >= 4 is 16.3 Å². The summed E-state index contributed by atoms with van der Waals surface area (Å²) in [6.45, 7) is 6.77. The summed E-state index contributed by atoms with van der Waals surface area (Å²) in [5.74, 6) is 0.947. The van der Waals surface area contributed by atoms with Gasteiger partial charge in [0.2, 0.25) is 0 Å². The van der Waals surface area contributed by atoms with Crippen LogP contribution in [-0.2, 0) is 0 Å². The Balaban J connectivity index is 1.35. The average Bonchev–Trinajstić information content (AvgIpc) is 3.03. The van der Waals surface area contributed by atoms with E-state index in [1.807, 2.05) is 18.2 Å². The van der Waals surface area contributed by atoms with Crippen molar-refractivity contribution in [2.24, 2.45) is 0 Å². The van der Waals surface area contributed by atoms with Gasteiger partial charge in [-0.1, -0.05) is 0 Å². The van der Waals surface area contributed by atoms with Crippen LogP contribution in [0.3, 0.4) is 0 Å². The summed E-state index contributed by atoms with van der Waals surface area (Å²) in [6.07, 6.45) is 2.31. The number of benzene rings is 1. The van der Waals surface area contributed by atoms with Crippen LogP contribution in [0.4, 0.5) is 5.00 Å². The molecule has 0 aliphatic carbocycles. The quantitative estimate of drug-likeness (QED) is 0.781. The second-order valence-corrected chi connectivity index (χ2v) is 7.54. The van der Waals surface area contributed by atoms with Crippen LogP contribution in [-0.4, -0.2) is 56.2 Å². The molecule has 0 atom stereocenters. The predicted molar refractivity (Wildman–Crippen MR) is 103 cm³/mol. The molecule has 0 bridgehead atoms. The maximum Gasteiger partial charge on any atom is 0.119 e. The van der Waals surface area contributed by atoms with E-state index in [0.717, 1.165) is 23.8 Å². The normalized spacial score (nSPS) is 16.4. The lowest BCUT2D eigenvalue weighted by atomic mass is 10.2. The number of hydrogen-bond acceptors (Lipinski definition) is 5. The third-order valence-electron chi connectivity index (χ3n) is 4.50. The van der Waals surface area contributed by atoms with Crippen LogP contribution in [0.5, 0.6) is 5.75 Å². The highest BCUT2D eigenvalue weighted by Gasteiger charge is 2.12. The Kier molecular flexibility index (Phi) is 6.12. The van der Waals surface area contributed by atoms with E-state index in [0.29, 0.717) is 0 Å². The van der Waals surface area contributed by atoms with Crippen molar-refractivity contribution in [3.05, 3.63) is 36.4 Å². The summed E-state index contributed by atoms with van der Waals surface area (Å²) >= 11 is 1.61. The molecule has 2 aromatic rings. The zero-order chi connectivity index (χ0) is 16.8. The summed E-state index contributed by atoms with van der Waals surface area (Å²) in [6, 6.07) is 12.3. The highest BCUT2D eigenvalue weighted by atomic mass is 32.1. The second-order valence-electron chi connectivity index (χ2n) is 6.43. The number of nitrogens with zero attached hydrogens (tertiary/aromatic N) is 2. The number of likely N-dealkylation sites (N-methyl/N-ethyl adjacent to an activating group) is 1. The fraction of sp³-hybridized carbons (Fsp3) is 0.474. The minimum atomic E-state index is 0.791. The topological polar surface area (TPSA) is 41.7 Å². The molecule has 1 fully saturated rings. The van der Waals surface area contributed by atoms with Crippen LogP contribution in [0, 0.1) is 0 Å². The predicted octanol–water partition coefficient (Wildman–Crippen LogP) is 3.40. The van der Waals surface area contributed by atoms with E-state index < -0.39 is 0 Å². The highest BCUT2D eigenvalue weighted by molar-refractivity contribution is 7.19. The molecule has 2 heterocycles. The van der Waals surface area contributed by atoms with E-state index in [-0.39, 0.29) is 0 Å². The number of rotatable bonds is 7. The third-order valence-corrected chi connectivity index (χ3v) is 5.46. The van der Waals surface area contributed by atoms with Crippen LogP contribution < -0.4 is 10.5 Å². The Bertz CT molecular complexity index is 618. The van der Waals surface area contributed by atoms with Crippen LogP contribution in [0.25, 0.3) is 10.4 Å². The summed E-state index contributed by atoms with van der Waals surface area (Å²) in [5.41, 5.74) is 6.98. The second kappa shape index (κ2) is 8.51. The Labute approximate surface area is 148 Å². The Morgan fingerprint density at radius 2 is 1.75 bits per heavy atom. The number of nitrogens with two attached hydrogens (primary N) is 1. The van der Waals surface area contributed by atoms with Gasteiger partial charge in [0.05, 0.1) is 11.6 Å². The van der Waals surface area contributed by atoms with Crippen molar-refractivity contribution in [1.82, 2.24) is 9.80 Å². The fourth-order valence-corrected chi connectivity index (χ4v) is 3.70. The number of anilines is 1. The first-order valence-electron chi connectivity index (χ1n) is 8.70. The Morgan fingerprint density at radius 1 is 1.00 bits per heavy atom. The maximum absolute atomic E-state index is 5.86. The summed E-state index contributed by atoms with van der Waals surface area (Å²) in [7, 11) is 2.20. The highest BCUT2D eigenvalue weighted by Crippen LogP contribution is 2.30. The molecule has 1 aromatic heterocycles. The molecule has 1 aliphatic heterocycles. The smallest absolute Gasteiger partial charge is 0.119 e. The average molecular weight is 346 g/mol. The molecule has 0 saturated carbocycles. The van der Waals surface area contributed by atoms with E-state index >= 15 is 0 Å². The van der Waals surface area contributed by atoms with Gasteiger partial charge in [-0.2, -0.15) is 0 Å². The van der Waals surface area contributed by atoms with Crippen molar-refractivity contribution in [3.63, 3.8) is 0 Å². The van der Waals surface area contributed by atoms with E-state index in [1.165, 1.54) is 49.6 Å². The fourth-order valence-electron chi connectivity index (χ4n) is 2.92. The summed E-state index contributed by atoms with van der Waals surface area (Å²) in [5, 5.41) is 0.852. The molecule has 0 spiro atoms. The largest absolute Gasteiger partial charge is 0.494 e. The first-order valence-corrected chi connectivity index (χ1v) is 9.52. The molecule has 24 heavy (non-hydrogen) atoms. The van der Waals surface area contributed by atoms with Crippen LogP contribution in [0.15, 0.2) is 36.4 Å². The number of hydrogen-bond donors (Lipinski definition) is 1. The van der Waals surface area contributed by atoms with Crippen molar-refractivity contribution in [3.8, 4) is 16.2 Å². The number of unbranched alkanes of at least 4 members (excludes halogenated alkanes) is 1. The van der Waals surface area contributed by atoms with Crippen LogP contribution in [0.2, 0.25) is 0 Å². The molecule has 0 radical (unpaired) electrons. The summed E-state index contributed by atoms with van der Waals surface area (Å²) in [4.78, 5) is 6.15. The van der Waals surface area contributed by atoms with E-state index in [2.05, 4.69) is 35.0 Å². The number of piperazine rings is 1. The zero-order valence-corrected chi connectivity index (χ0v) is 15.2. The minimum absolute atomic E-state index is 0.791. The first-order chi connectivity index (χ1) is 11.7. The lowest BCUT2D eigenvalue weighted by molar-refractivity contribution is 0.150. The van der Waals surface area contributed by atoms with E-state index in [4.69, 9.17) is 10.5 Å². The van der Waals surface area contributed by atoms with Gasteiger partial charge >= 0.3 is 0 Å². The number of thiophene rings is 1. The van der Waals surface area contributed by atoms with Gasteiger partial charge in [-0.25, -0.2) is 0 Å². The van der Waals surface area contributed by atoms with Crippen molar-refractivity contribution < 1.29 is 4.74 Å². The van der Waals surface area contributed by atoms with E-state index in [1.54, 1.807) is 11.3 Å². The number of ether oxygens (including phenoxy) is 1. The molecule has 1 aliphatic rings. The monoisotopic (exact) mass is 345 g/mol. The van der Waals surface area contributed by atoms with Crippen molar-refractivity contribution in [1.29, 1.82) is 0 Å². The lowest BCUT2D eigenvalue weighted by Crippen LogP contribution is -2.44. The molecule has 0 unspecified atom stereocenters. The SMILES string of the molecule is CN1CCN(CCCCOc2ccc(-c3ccc(N)s3)cc2)CC1. The summed E-state index contributed by atoms with van der Waals surface area (Å²) < 4.78 is 5.86. The van der Waals surface area contributed by atoms with Gasteiger partial charge in [-0.15, -0.1) is 11.3 Å². The van der Waals surface area contributed by atoms with Gasteiger partial charge in [0.15, 0.2) is 0 Å². The maximum atomic E-state index is 5.86. The van der Waals surface area contributed by atoms with Crippen molar-refractivity contribution in [2.75, 3.05) is 52.1 Å². The molecule has 5 heteroatoms. The van der Waals surface area contributed by atoms with Gasteiger partial charge in [0.1, 0.15) is 5.75 Å². The molecule has 1 aromatic carbocycles.